The van der Waals surface area contributed by atoms with Gasteiger partial charge in [-0.3, -0.25) is 14.9 Å². The zero-order valence-electron chi connectivity index (χ0n) is 18.4. The van der Waals surface area contributed by atoms with Crippen LogP contribution in [0.15, 0.2) is 84.4 Å². The quantitative estimate of drug-likeness (QED) is 0.313. The average molecular weight is 458 g/mol. The minimum atomic E-state index is -0.807. The molecule has 8 heteroatoms. The number of barbiturate groups is 1. The van der Waals surface area contributed by atoms with Crippen LogP contribution in [0.5, 0.6) is 17.2 Å². The first kappa shape index (κ1) is 22.6. The van der Waals surface area contributed by atoms with E-state index in [1.165, 1.54) is 13.2 Å². The maximum absolute atomic E-state index is 13.0. The second kappa shape index (κ2) is 10.4. The molecular weight excluding hydrogens is 436 g/mol. The Morgan fingerprint density at radius 2 is 1.35 bits per heavy atom. The molecule has 0 spiro atoms. The van der Waals surface area contributed by atoms with E-state index in [1.807, 2.05) is 30.3 Å². The van der Waals surface area contributed by atoms with Crippen molar-refractivity contribution in [1.82, 2.24) is 5.32 Å². The van der Waals surface area contributed by atoms with Gasteiger partial charge in [0.15, 0.2) is 0 Å². The summed E-state index contributed by atoms with van der Waals surface area (Å²) in [7, 11) is 1.52. The van der Waals surface area contributed by atoms with E-state index in [-0.39, 0.29) is 5.57 Å². The van der Waals surface area contributed by atoms with Crippen molar-refractivity contribution in [3.05, 3.63) is 90.0 Å². The largest absolute Gasteiger partial charge is 0.497 e. The summed E-state index contributed by atoms with van der Waals surface area (Å²) in [6.45, 7) is 0.745. The topological polar surface area (TPSA) is 94.2 Å². The van der Waals surface area contributed by atoms with Gasteiger partial charge in [0.1, 0.15) is 36.0 Å². The molecule has 4 rings (SSSR count). The molecule has 1 fully saturated rings. The van der Waals surface area contributed by atoms with Gasteiger partial charge >= 0.3 is 6.03 Å². The average Bonchev–Trinajstić information content (AvgIpc) is 2.86. The van der Waals surface area contributed by atoms with Crippen LogP contribution < -0.4 is 24.4 Å². The number of carbonyl (C=O) groups is 3. The number of benzene rings is 3. The molecule has 4 amide bonds. The lowest BCUT2D eigenvalue weighted by Gasteiger charge is -2.26. The van der Waals surface area contributed by atoms with E-state index in [1.54, 1.807) is 48.5 Å². The van der Waals surface area contributed by atoms with E-state index in [2.05, 4.69) is 5.32 Å². The molecule has 34 heavy (non-hydrogen) atoms. The Kier molecular flexibility index (Phi) is 6.88. The van der Waals surface area contributed by atoms with Gasteiger partial charge in [-0.1, -0.05) is 30.3 Å². The number of rotatable bonds is 8. The Morgan fingerprint density at radius 3 is 1.97 bits per heavy atom. The summed E-state index contributed by atoms with van der Waals surface area (Å²) in [5.74, 6) is 0.504. The first-order chi connectivity index (χ1) is 16.5. The molecule has 0 saturated carbocycles. The number of ether oxygens (including phenoxy) is 3. The minimum absolute atomic E-state index is 0.152. The summed E-state index contributed by atoms with van der Waals surface area (Å²) >= 11 is 0. The Balaban J connectivity index is 1.41. The molecule has 0 atom stereocenters. The zero-order chi connectivity index (χ0) is 23.9. The van der Waals surface area contributed by atoms with E-state index < -0.39 is 17.8 Å². The fourth-order valence-corrected chi connectivity index (χ4v) is 3.29. The molecule has 1 N–H and O–H groups in total. The Bertz CT molecular complexity index is 1200. The van der Waals surface area contributed by atoms with Gasteiger partial charge in [0, 0.05) is 0 Å². The molecule has 1 heterocycles. The molecule has 0 unspecified atom stereocenters. The van der Waals surface area contributed by atoms with Crippen molar-refractivity contribution in [2.24, 2.45) is 0 Å². The first-order valence-electron chi connectivity index (χ1n) is 10.5. The van der Waals surface area contributed by atoms with Crippen molar-refractivity contribution < 1.29 is 28.6 Å². The minimum Gasteiger partial charge on any atom is -0.497 e. The first-order valence-corrected chi connectivity index (χ1v) is 10.5. The molecule has 1 aliphatic rings. The van der Waals surface area contributed by atoms with Gasteiger partial charge in [-0.15, -0.1) is 0 Å². The molecule has 1 saturated heterocycles. The van der Waals surface area contributed by atoms with Crippen LogP contribution in [0.25, 0.3) is 6.08 Å². The van der Waals surface area contributed by atoms with Gasteiger partial charge in [0.25, 0.3) is 11.8 Å². The number of imide groups is 2. The molecular formula is C26H22N2O6. The van der Waals surface area contributed by atoms with Crippen molar-refractivity contribution in [2.45, 2.75) is 0 Å². The van der Waals surface area contributed by atoms with E-state index in [9.17, 15) is 14.4 Å². The van der Waals surface area contributed by atoms with Crippen molar-refractivity contribution in [1.29, 1.82) is 0 Å². The normalized spacial score (nSPS) is 14.7. The number of amides is 4. The van der Waals surface area contributed by atoms with Crippen LogP contribution in [-0.2, 0) is 9.59 Å². The summed E-state index contributed by atoms with van der Waals surface area (Å²) in [4.78, 5) is 38.5. The predicted molar refractivity (Wildman–Crippen MR) is 126 cm³/mol. The zero-order valence-corrected chi connectivity index (χ0v) is 18.4. The van der Waals surface area contributed by atoms with Crippen LogP contribution >= 0.6 is 0 Å². The number of anilines is 1. The molecule has 1 aliphatic heterocycles. The molecule has 3 aromatic carbocycles. The van der Waals surface area contributed by atoms with Crippen LogP contribution in [0, 0.1) is 0 Å². The number of hydrogen-bond donors (Lipinski definition) is 1. The smallest absolute Gasteiger partial charge is 0.335 e. The van der Waals surface area contributed by atoms with Crippen LogP contribution in [-0.4, -0.2) is 38.2 Å². The maximum Gasteiger partial charge on any atom is 0.335 e. The van der Waals surface area contributed by atoms with Gasteiger partial charge < -0.3 is 14.2 Å². The van der Waals surface area contributed by atoms with E-state index >= 15 is 0 Å². The van der Waals surface area contributed by atoms with Crippen LogP contribution in [0.3, 0.4) is 0 Å². The van der Waals surface area contributed by atoms with Gasteiger partial charge in [0.2, 0.25) is 0 Å². The summed E-state index contributed by atoms with van der Waals surface area (Å²) in [6, 6.07) is 21.9. The molecule has 0 radical (unpaired) electrons. The lowest BCUT2D eigenvalue weighted by atomic mass is 10.1. The number of nitrogens with one attached hydrogen (secondary N) is 1. The molecule has 8 nitrogen and oxygen atoms in total. The van der Waals surface area contributed by atoms with E-state index in [0.717, 1.165) is 10.6 Å². The number of urea groups is 1. The van der Waals surface area contributed by atoms with E-state index in [0.29, 0.717) is 36.0 Å². The molecule has 0 aromatic heterocycles. The van der Waals surface area contributed by atoms with Gasteiger partial charge in [-0.25, -0.2) is 9.69 Å². The number of carbonyl (C=O) groups excluding carboxylic acids is 3. The fraction of sp³-hybridized carbons (Fsp3) is 0.115. The predicted octanol–water partition coefficient (Wildman–Crippen LogP) is 3.82. The van der Waals surface area contributed by atoms with Gasteiger partial charge in [-0.05, 0) is 60.2 Å². The highest BCUT2D eigenvalue weighted by Gasteiger charge is 2.36. The number of methoxy groups -OCH3 is 1. The van der Waals surface area contributed by atoms with Crippen LogP contribution in [0.2, 0.25) is 0 Å². The Morgan fingerprint density at radius 1 is 0.765 bits per heavy atom. The lowest BCUT2D eigenvalue weighted by molar-refractivity contribution is -0.122. The van der Waals surface area contributed by atoms with Crippen molar-refractivity contribution >= 4 is 29.6 Å². The Hall–Kier alpha value is -4.59. The molecule has 172 valence electrons. The second-order valence-electron chi connectivity index (χ2n) is 7.23. The standard InChI is InChI=1S/C26H22N2O6/c1-32-20-13-9-19(10-14-20)28-25(30)23(24(29)27-26(28)31)17-18-7-11-22(12-8-18)34-16-15-33-21-5-3-2-4-6-21/h2-14,17H,15-16H2,1H3,(H,27,29,31). The summed E-state index contributed by atoms with van der Waals surface area (Å²) < 4.78 is 16.4. The molecule has 0 bridgehead atoms. The van der Waals surface area contributed by atoms with Crippen molar-refractivity contribution in [2.75, 3.05) is 25.2 Å². The van der Waals surface area contributed by atoms with E-state index in [4.69, 9.17) is 14.2 Å². The monoisotopic (exact) mass is 458 g/mol. The third kappa shape index (κ3) is 5.24. The fourth-order valence-electron chi connectivity index (χ4n) is 3.29. The number of nitrogens with zero attached hydrogens (tertiary/aromatic N) is 1. The Labute approximate surface area is 196 Å². The number of hydrogen-bond acceptors (Lipinski definition) is 6. The van der Waals surface area contributed by atoms with Crippen molar-refractivity contribution in [3.8, 4) is 17.2 Å². The van der Waals surface area contributed by atoms with Crippen LogP contribution in [0.4, 0.5) is 10.5 Å². The SMILES string of the molecule is COc1ccc(N2C(=O)NC(=O)C(=Cc3ccc(OCCOc4ccccc4)cc3)C2=O)cc1. The highest BCUT2D eigenvalue weighted by Crippen LogP contribution is 2.24. The van der Waals surface area contributed by atoms with Crippen molar-refractivity contribution in [3.63, 3.8) is 0 Å². The van der Waals surface area contributed by atoms with Gasteiger partial charge in [0.05, 0.1) is 12.8 Å². The van der Waals surface area contributed by atoms with Crippen LogP contribution in [0.1, 0.15) is 5.56 Å². The maximum atomic E-state index is 13.0. The highest BCUT2D eigenvalue weighted by molar-refractivity contribution is 6.39. The highest BCUT2D eigenvalue weighted by atomic mass is 16.5. The molecule has 3 aromatic rings. The third-order valence-electron chi connectivity index (χ3n) is 4.99. The second-order valence-corrected chi connectivity index (χ2v) is 7.23. The third-order valence-corrected chi connectivity index (χ3v) is 4.99. The molecule has 0 aliphatic carbocycles. The van der Waals surface area contributed by atoms with Gasteiger partial charge in [-0.2, -0.15) is 0 Å². The lowest BCUT2D eigenvalue weighted by Crippen LogP contribution is -2.54. The number of para-hydroxylation sites is 1. The summed E-state index contributed by atoms with van der Waals surface area (Å²) in [5.41, 5.74) is 0.777. The summed E-state index contributed by atoms with van der Waals surface area (Å²) in [6.07, 6.45) is 1.43. The summed E-state index contributed by atoms with van der Waals surface area (Å²) in [5, 5.41) is 2.21.